The minimum Gasteiger partial charge on any atom is -0.436 e. The molecule has 5 nitrogen and oxygen atoms in total. The molecule has 86 valence electrons. The molecule has 1 aromatic heterocycles. The Morgan fingerprint density at radius 3 is 2.67 bits per heavy atom. The summed E-state index contributed by atoms with van der Waals surface area (Å²) in [5.74, 6) is 0.458. The second kappa shape index (κ2) is 4.24. The van der Waals surface area contributed by atoms with E-state index >= 15 is 0 Å². The fourth-order valence-electron chi connectivity index (χ4n) is 1.78. The van der Waals surface area contributed by atoms with Crippen molar-refractivity contribution in [2.45, 2.75) is 0 Å². The number of hydrogen-bond acceptors (Lipinski definition) is 3. The third kappa shape index (κ3) is 1.69. The summed E-state index contributed by atoms with van der Waals surface area (Å²) in [5, 5.41) is 3.63. The molecule has 0 amide bonds. The lowest BCUT2D eigenvalue weighted by atomic mass is 10.2. The normalized spacial score (nSPS) is 10.2. The Kier molecular flexibility index (Phi) is 2.44. The Labute approximate surface area is 102 Å². The Balaban J connectivity index is 2.22. The SMILES string of the molecule is [N-]=[N+]=Nc1ccccc1-c1nc2ccccc2o1. The van der Waals surface area contributed by atoms with Gasteiger partial charge in [0, 0.05) is 10.5 Å². The Morgan fingerprint density at radius 2 is 1.83 bits per heavy atom. The van der Waals surface area contributed by atoms with Crippen molar-refractivity contribution in [2.24, 2.45) is 5.11 Å². The molecule has 1 heterocycles. The number of fused-ring (bicyclic) bond motifs is 1. The first kappa shape index (κ1) is 10.4. The highest BCUT2D eigenvalue weighted by atomic mass is 16.3. The summed E-state index contributed by atoms with van der Waals surface area (Å²) in [6.45, 7) is 0. The zero-order valence-corrected chi connectivity index (χ0v) is 9.32. The zero-order chi connectivity index (χ0) is 12.4. The molecule has 0 bridgehead atoms. The number of oxazole rings is 1. The maximum atomic E-state index is 8.54. The number of azide groups is 1. The Hall–Kier alpha value is -2.78. The highest BCUT2D eigenvalue weighted by Crippen LogP contribution is 2.31. The summed E-state index contributed by atoms with van der Waals surface area (Å²) in [4.78, 5) is 7.18. The van der Waals surface area contributed by atoms with Crippen LogP contribution in [0, 0.1) is 0 Å². The molecule has 0 aliphatic heterocycles. The molecule has 0 aliphatic carbocycles. The van der Waals surface area contributed by atoms with Gasteiger partial charge in [0.25, 0.3) is 0 Å². The first-order valence-electron chi connectivity index (χ1n) is 5.38. The maximum Gasteiger partial charge on any atom is 0.227 e. The van der Waals surface area contributed by atoms with Gasteiger partial charge in [-0.3, -0.25) is 0 Å². The molecular formula is C13H8N4O. The van der Waals surface area contributed by atoms with Crippen molar-refractivity contribution in [2.75, 3.05) is 0 Å². The van der Waals surface area contributed by atoms with E-state index in [1.54, 1.807) is 12.1 Å². The standard InChI is InChI=1S/C13H8N4O/c14-17-16-10-6-2-1-5-9(10)13-15-11-7-3-4-8-12(11)18-13/h1-8H. The minimum atomic E-state index is 0.458. The highest BCUT2D eigenvalue weighted by molar-refractivity contribution is 5.79. The van der Waals surface area contributed by atoms with Gasteiger partial charge < -0.3 is 4.42 Å². The van der Waals surface area contributed by atoms with Gasteiger partial charge >= 0.3 is 0 Å². The lowest BCUT2D eigenvalue weighted by Gasteiger charge is -1.98. The van der Waals surface area contributed by atoms with E-state index in [-0.39, 0.29) is 0 Å². The number of benzene rings is 2. The molecule has 0 aliphatic rings. The lowest BCUT2D eigenvalue weighted by molar-refractivity contribution is 0.620. The van der Waals surface area contributed by atoms with Crippen molar-refractivity contribution < 1.29 is 4.42 Å². The van der Waals surface area contributed by atoms with Gasteiger partial charge in [-0.05, 0) is 23.7 Å². The average Bonchev–Trinajstić information content (AvgIpc) is 2.83. The van der Waals surface area contributed by atoms with Crippen LogP contribution in [0.4, 0.5) is 5.69 Å². The van der Waals surface area contributed by atoms with Crippen molar-refractivity contribution in [1.29, 1.82) is 0 Å². The molecule has 5 heteroatoms. The topological polar surface area (TPSA) is 74.8 Å². The molecule has 0 unspecified atom stereocenters. The van der Waals surface area contributed by atoms with Crippen LogP contribution in [0.1, 0.15) is 0 Å². The van der Waals surface area contributed by atoms with Crippen molar-refractivity contribution in [3.8, 4) is 11.5 Å². The molecule has 0 saturated carbocycles. The van der Waals surface area contributed by atoms with Crippen LogP contribution in [-0.4, -0.2) is 4.98 Å². The third-order valence-corrected chi connectivity index (χ3v) is 2.58. The van der Waals surface area contributed by atoms with E-state index < -0.39 is 0 Å². The number of aromatic nitrogens is 1. The molecule has 0 saturated heterocycles. The van der Waals surface area contributed by atoms with Crippen LogP contribution in [0.5, 0.6) is 0 Å². The largest absolute Gasteiger partial charge is 0.436 e. The fraction of sp³-hybridized carbons (Fsp3) is 0. The van der Waals surface area contributed by atoms with Crippen LogP contribution >= 0.6 is 0 Å². The van der Waals surface area contributed by atoms with Crippen molar-refractivity contribution in [1.82, 2.24) is 4.98 Å². The third-order valence-electron chi connectivity index (χ3n) is 2.58. The summed E-state index contributed by atoms with van der Waals surface area (Å²) >= 11 is 0. The molecule has 0 N–H and O–H groups in total. The molecule has 2 aromatic carbocycles. The van der Waals surface area contributed by atoms with Crippen LogP contribution < -0.4 is 0 Å². The summed E-state index contributed by atoms with van der Waals surface area (Å²) < 4.78 is 5.65. The number of hydrogen-bond donors (Lipinski definition) is 0. The molecule has 3 rings (SSSR count). The van der Waals surface area contributed by atoms with Gasteiger partial charge in [-0.2, -0.15) is 0 Å². The van der Waals surface area contributed by atoms with Crippen molar-refractivity contribution in [3.63, 3.8) is 0 Å². The van der Waals surface area contributed by atoms with Crippen LogP contribution in [0.2, 0.25) is 0 Å². The van der Waals surface area contributed by atoms with E-state index in [1.807, 2.05) is 36.4 Å². The molecular weight excluding hydrogens is 228 g/mol. The van der Waals surface area contributed by atoms with Crippen molar-refractivity contribution >= 4 is 16.8 Å². The van der Waals surface area contributed by atoms with E-state index in [2.05, 4.69) is 15.0 Å². The number of rotatable bonds is 2. The molecule has 3 aromatic rings. The van der Waals surface area contributed by atoms with Crippen LogP contribution in [0.25, 0.3) is 33.0 Å². The van der Waals surface area contributed by atoms with E-state index in [1.165, 1.54) is 0 Å². The summed E-state index contributed by atoms with van der Waals surface area (Å²) in [7, 11) is 0. The van der Waals surface area contributed by atoms with Crippen LogP contribution in [0.3, 0.4) is 0 Å². The second-order valence-electron chi connectivity index (χ2n) is 3.69. The van der Waals surface area contributed by atoms with Gasteiger partial charge in [0.1, 0.15) is 5.52 Å². The lowest BCUT2D eigenvalue weighted by Crippen LogP contribution is -1.77. The van der Waals surface area contributed by atoms with Gasteiger partial charge in [0.15, 0.2) is 5.58 Å². The first-order chi connectivity index (χ1) is 8.88. The van der Waals surface area contributed by atoms with Crippen LogP contribution in [0.15, 0.2) is 58.1 Å². The van der Waals surface area contributed by atoms with E-state index in [0.29, 0.717) is 22.7 Å². The first-order valence-corrected chi connectivity index (χ1v) is 5.38. The molecule has 0 spiro atoms. The van der Waals surface area contributed by atoms with Gasteiger partial charge in [-0.15, -0.1) is 0 Å². The average molecular weight is 236 g/mol. The summed E-state index contributed by atoms with van der Waals surface area (Å²) in [6, 6.07) is 14.7. The monoisotopic (exact) mass is 236 g/mol. The number of nitrogens with zero attached hydrogens (tertiary/aromatic N) is 4. The minimum absolute atomic E-state index is 0.458. The van der Waals surface area contributed by atoms with Gasteiger partial charge in [-0.25, -0.2) is 4.98 Å². The van der Waals surface area contributed by atoms with E-state index in [4.69, 9.17) is 9.95 Å². The second-order valence-corrected chi connectivity index (χ2v) is 3.69. The van der Waals surface area contributed by atoms with Gasteiger partial charge in [-0.1, -0.05) is 35.4 Å². The molecule has 18 heavy (non-hydrogen) atoms. The van der Waals surface area contributed by atoms with E-state index in [9.17, 15) is 0 Å². The maximum absolute atomic E-state index is 8.54. The van der Waals surface area contributed by atoms with Gasteiger partial charge in [0.2, 0.25) is 5.89 Å². The van der Waals surface area contributed by atoms with Crippen molar-refractivity contribution in [3.05, 3.63) is 59.0 Å². The predicted octanol–water partition coefficient (Wildman–Crippen LogP) is 4.44. The Morgan fingerprint density at radius 1 is 1.06 bits per heavy atom. The fourth-order valence-corrected chi connectivity index (χ4v) is 1.78. The predicted molar refractivity (Wildman–Crippen MR) is 68.3 cm³/mol. The molecule has 0 radical (unpaired) electrons. The summed E-state index contributed by atoms with van der Waals surface area (Å²) in [6.07, 6.45) is 0. The van der Waals surface area contributed by atoms with Crippen LogP contribution in [-0.2, 0) is 0 Å². The molecule has 0 fully saturated rings. The number of para-hydroxylation sites is 2. The highest BCUT2D eigenvalue weighted by Gasteiger charge is 2.10. The Bertz CT molecular complexity index is 723. The summed E-state index contributed by atoms with van der Waals surface area (Å²) in [5.41, 5.74) is 11.2. The smallest absolute Gasteiger partial charge is 0.227 e. The zero-order valence-electron chi connectivity index (χ0n) is 9.32. The molecule has 0 atom stereocenters. The quantitative estimate of drug-likeness (QED) is 0.374. The van der Waals surface area contributed by atoms with E-state index in [0.717, 1.165) is 5.52 Å². The van der Waals surface area contributed by atoms with Gasteiger partial charge in [0.05, 0.1) is 5.69 Å².